The van der Waals surface area contributed by atoms with Crippen LogP contribution in [-0.4, -0.2) is 25.2 Å². The summed E-state index contributed by atoms with van der Waals surface area (Å²) in [5, 5.41) is 0.821. The standard InChI is InChI=1S/C18H38BrO3P/c1-17(2)11-7-5-9-14-20-23(22-16-13-19)21-15-10-6-8-12-18(3)4/h17-18H,5-16H2,1-4H3. The highest BCUT2D eigenvalue weighted by molar-refractivity contribution is 9.09. The van der Waals surface area contributed by atoms with Gasteiger partial charge in [0.05, 0.1) is 19.8 Å². The van der Waals surface area contributed by atoms with Crippen molar-refractivity contribution >= 4 is 24.5 Å². The number of hydrogen-bond acceptors (Lipinski definition) is 3. The Morgan fingerprint density at radius 3 is 1.48 bits per heavy atom. The van der Waals surface area contributed by atoms with Crippen molar-refractivity contribution in [2.24, 2.45) is 11.8 Å². The van der Waals surface area contributed by atoms with Crippen molar-refractivity contribution in [3.63, 3.8) is 0 Å². The van der Waals surface area contributed by atoms with Crippen LogP contribution in [0.3, 0.4) is 0 Å². The van der Waals surface area contributed by atoms with Crippen LogP contribution in [0, 0.1) is 11.8 Å². The summed E-state index contributed by atoms with van der Waals surface area (Å²) in [6, 6.07) is 0. The highest BCUT2D eigenvalue weighted by Gasteiger charge is 2.12. The summed E-state index contributed by atoms with van der Waals surface area (Å²) in [5.41, 5.74) is 0. The van der Waals surface area contributed by atoms with Gasteiger partial charge in [-0.25, -0.2) is 0 Å². The van der Waals surface area contributed by atoms with Crippen molar-refractivity contribution < 1.29 is 13.6 Å². The number of halogens is 1. The van der Waals surface area contributed by atoms with E-state index in [0.29, 0.717) is 6.61 Å². The van der Waals surface area contributed by atoms with Crippen LogP contribution in [0.4, 0.5) is 0 Å². The molecule has 0 saturated heterocycles. The van der Waals surface area contributed by atoms with E-state index in [1.165, 1.54) is 38.5 Å². The molecule has 0 aromatic heterocycles. The van der Waals surface area contributed by atoms with Gasteiger partial charge in [-0.15, -0.1) is 0 Å². The minimum Gasteiger partial charge on any atom is -0.312 e. The third kappa shape index (κ3) is 19.0. The zero-order valence-corrected chi connectivity index (χ0v) is 18.2. The van der Waals surface area contributed by atoms with Gasteiger partial charge >= 0.3 is 8.60 Å². The van der Waals surface area contributed by atoms with E-state index < -0.39 is 8.60 Å². The molecule has 0 bridgehead atoms. The molecule has 0 atom stereocenters. The summed E-state index contributed by atoms with van der Waals surface area (Å²) in [6.07, 6.45) is 9.85. The molecule has 0 N–H and O–H groups in total. The van der Waals surface area contributed by atoms with Crippen LogP contribution >= 0.6 is 24.5 Å². The fourth-order valence-corrected chi connectivity index (χ4v) is 3.59. The number of rotatable bonds is 17. The van der Waals surface area contributed by atoms with Gasteiger partial charge in [-0.1, -0.05) is 82.1 Å². The van der Waals surface area contributed by atoms with Crippen molar-refractivity contribution in [1.29, 1.82) is 0 Å². The first kappa shape index (κ1) is 23.8. The van der Waals surface area contributed by atoms with Crippen molar-refractivity contribution in [2.75, 3.05) is 25.2 Å². The van der Waals surface area contributed by atoms with Gasteiger partial charge in [-0.05, 0) is 24.7 Å². The van der Waals surface area contributed by atoms with Gasteiger partial charge in [-0.2, -0.15) is 0 Å². The van der Waals surface area contributed by atoms with E-state index in [4.69, 9.17) is 13.6 Å². The molecule has 0 aliphatic carbocycles. The highest BCUT2D eigenvalue weighted by Crippen LogP contribution is 2.40. The molecule has 140 valence electrons. The second kappa shape index (κ2) is 17.6. The smallest absolute Gasteiger partial charge is 0.312 e. The summed E-state index contributed by atoms with van der Waals surface area (Å²) >= 11 is 3.38. The molecule has 0 aliphatic heterocycles. The SMILES string of the molecule is CC(C)CCCCCOP(OCCBr)OCCCCCC(C)C. The van der Waals surface area contributed by atoms with Crippen LogP contribution < -0.4 is 0 Å². The molecule has 23 heavy (non-hydrogen) atoms. The average Bonchev–Trinajstić information content (AvgIpc) is 2.50. The molecule has 0 aromatic rings. The molecular weight excluding hydrogens is 375 g/mol. The largest absolute Gasteiger partial charge is 0.332 e. The van der Waals surface area contributed by atoms with E-state index in [9.17, 15) is 0 Å². The highest BCUT2D eigenvalue weighted by atomic mass is 79.9. The van der Waals surface area contributed by atoms with Crippen LogP contribution in [0.15, 0.2) is 0 Å². The van der Waals surface area contributed by atoms with Crippen molar-refractivity contribution in [3.8, 4) is 0 Å². The number of hydrogen-bond donors (Lipinski definition) is 0. The lowest BCUT2D eigenvalue weighted by molar-refractivity contribution is 0.161. The fourth-order valence-electron chi connectivity index (χ4n) is 2.16. The van der Waals surface area contributed by atoms with Crippen LogP contribution in [0.25, 0.3) is 0 Å². The van der Waals surface area contributed by atoms with E-state index in [1.54, 1.807) is 0 Å². The summed E-state index contributed by atoms with van der Waals surface area (Å²) in [6.45, 7) is 11.3. The van der Waals surface area contributed by atoms with Gasteiger partial charge in [0.1, 0.15) is 0 Å². The molecule has 0 saturated carbocycles. The Bertz CT molecular complexity index is 220. The maximum absolute atomic E-state index is 5.80. The first-order valence-electron chi connectivity index (χ1n) is 9.31. The first-order valence-corrected chi connectivity index (χ1v) is 11.5. The molecule has 0 spiro atoms. The molecule has 0 amide bonds. The predicted molar refractivity (Wildman–Crippen MR) is 105 cm³/mol. The monoisotopic (exact) mass is 412 g/mol. The molecule has 0 fully saturated rings. The zero-order chi connectivity index (χ0) is 17.3. The van der Waals surface area contributed by atoms with Crippen LogP contribution in [0.1, 0.15) is 79.1 Å². The van der Waals surface area contributed by atoms with Crippen LogP contribution in [0.5, 0.6) is 0 Å². The van der Waals surface area contributed by atoms with Gasteiger partial charge in [0, 0.05) is 5.33 Å². The normalized spacial score (nSPS) is 12.0. The minimum atomic E-state index is -1.16. The number of alkyl halides is 1. The van der Waals surface area contributed by atoms with E-state index >= 15 is 0 Å². The second-order valence-electron chi connectivity index (χ2n) is 6.90. The summed E-state index contributed by atoms with van der Waals surface area (Å²) in [7, 11) is -1.16. The third-order valence-electron chi connectivity index (χ3n) is 3.52. The van der Waals surface area contributed by atoms with Crippen LogP contribution in [-0.2, 0) is 13.6 Å². The van der Waals surface area contributed by atoms with Gasteiger partial charge in [0.15, 0.2) is 0 Å². The Morgan fingerprint density at radius 2 is 1.09 bits per heavy atom. The van der Waals surface area contributed by atoms with Crippen molar-refractivity contribution in [2.45, 2.75) is 79.1 Å². The Labute approximate surface area is 154 Å². The Hall–Kier alpha value is 0.790. The molecular formula is C18H38BrO3P. The lowest BCUT2D eigenvalue weighted by Gasteiger charge is -2.16. The molecule has 0 heterocycles. The Kier molecular flexibility index (Phi) is 18.2. The summed E-state index contributed by atoms with van der Waals surface area (Å²) in [4.78, 5) is 0. The zero-order valence-electron chi connectivity index (χ0n) is 15.7. The lowest BCUT2D eigenvalue weighted by Crippen LogP contribution is -2.01. The average molecular weight is 413 g/mol. The molecule has 5 heteroatoms. The van der Waals surface area contributed by atoms with Crippen molar-refractivity contribution in [1.82, 2.24) is 0 Å². The van der Waals surface area contributed by atoms with Gasteiger partial charge < -0.3 is 13.6 Å². The fraction of sp³-hybridized carbons (Fsp3) is 1.00. The Balaban J connectivity index is 3.63. The topological polar surface area (TPSA) is 27.7 Å². The lowest BCUT2D eigenvalue weighted by atomic mass is 10.1. The maximum Gasteiger partial charge on any atom is 0.332 e. The molecule has 0 unspecified atom stereocenters. The minimum absolute atomic E-state index is 0.645. The summed E-state index contributed by atoms with van der Waals surface area (Å²) < 4.78 is 17.2. The van der Waals surface area contributed by atoms with Crippen molar-refractivity contribution in [3.05, 3.63) is 0 Å². The van der Waals surface area contributed by atoms with E-state index in [1.807, 2.05) is 0 Å². The van der Waals surface area contributed by atoms with Gasteiger partial charge in [-0.3, -0.25) is 0 Å². The van der Waals surface area contributed by atoms with Gasteiger partial charge in [0.25, 0.3) is 0 Å². The molecule has 0 rings (SSSR count). The maximum atomic E-state index is 5.80. The third-order valence-corrected chi connectivity index (χ3v) is 5.02. The van der Waals surface area contributed by atoms with Crippen LogP contribution in [0.2, 0.25) is 0 Å². The number of unbranched alkanes of at least 4 members (excludes halogenated alkanes) is 4. The van der Waals surface area contributed by atoms with E-state index in [0.717, 1.165) is 43.2 Å². The molecule has 0 radical (unpaired) electrons. The quantitative estimate of drug-likeness (QED) is 0.145. The van der Waals surface area contributed by atoms with Gasteiger partial charge in [0.2, 0.25) is 0 Å². The molecule has 0 aliphatic rings. The van der Waals surface area contributed by atoms with E-state index in [-0.39, 0.29) is 0 Å². The first-order chi connectivity index (χ1) is 11.1. The summed E-state index contributed by atoms with van der Waals surface area (Å²) in [5.74, 6) is 1.60. The second-order valence-corrected chi connectivity index (χ2v) is 8.91. The molecule has 0 aromatic carbocycles. The predicted octanol–water partition coefficient (Wildman–Crippen LogP) is 7.09. The van der Waals surface area contributed by atoms with E-state index in [2.05, 4.69) is 43.6 Å². The molecule has 3 nitrogen and oxygen atoms in total. The Morgan fingerprint density at radius 1 is 0.652 bits per heavy atom.